The molecule has 2 amide bonds. The van der Waals surface area contributed by atoms with Gasteiger partial charge in [-0.2, -0.15) is 0 Å². The van der Waals surface area contributed by atoms with Crippen LogP contribution in [0.15, 0.2) is 64.2 Å². The van der Waals surface area contributed by atoms with E-state index in [1.807, 2.05) is 13.0 Å². The Morgan fingerprint density at radius 1 is 1.03 bits per heavy atom. The van der Waals surface area contributed by atoms with Gasteiger partial charge in [0.25, 0.3) is 5.91 Å². The smallest absolute Gasteiger partial charge is 0.255 e. The number of halogens is 1. The summed E-state index contributed by atoms with van der Waals surface area (Å²) in [5, 5.41) is 7.51. The lowest BCUT2D eigenvalue weighted by molar-refractivity contribution is -0.115. The van der Waals surface area contributed by atoms with Crippen LogP contribution in [0.25, 0.3) is 0 Å². The van der Waals surface area contributed by atoms with Crippen LogP contribution in [0.1, 0.15) is 22.3 Å². The van der Waals surface area contributed by atoms with E-state index in [4.69, 9.17) is 11.6 Å². The Kier molecular flexibility index (Phi) is 6.91. The number of carbonyl (C=O) groups is 2. The summed E-state index contributed by atoms with van der Waals surface area (Å²) in [7, 11) is -3.46. The molecule has 0 aliphatic carbocycles. The normalized spacial score (nSPS) is 11.1. The summed E-state index contributed by atoms with van der Waals surface area (Å²) in [6, 6.07) is 14.8. The Morgan fingerprint density at radius 3 is 2.40 bits per heavy atom. The van der Waals surface area contributed by atoms with Crippen molar-refractivity contribution in [1.82, 2.24) is 0 Å². The highest BCUT2D eigenvalue weighted by molar-refractivity contribution is 7.93. The number of anilines is 2. The molecule has 3 aromatic rings. The van der Waals surface area contributed by atoms with Gasteiger partial charge in [0.15, 0.2) is 9.84 Å². The van der Waals surface area contributed by atoms with Gasteiger partial charge in [0, 0.05) is 17.7 Å². The number of rotatable bonds is 7. The van der Waals surface area contributed by atoms with Crippen LogP contribution in [-0.2, 0) is 14.6 Å². The molecule has 0 spiro atoms. The molecule has 1 heterocycles. The van der Waals surface area contributed by atoms with Crippen molar-refractivity contribution in [2.75, 3.05) is 16.4 Å². The zero-order valence-corrected chi connectivity index (χ0v) is 18.4. The minimum absolute atomic E-state index is 0.158. The molecule has 9 heteroatoms. The average Bonchev–Trinajstić information content (AvgIpc) is 3.25. The highest BCUT2D eigenvalue weighted by Crippen LogP contribution is 2.23. The summed E-state index contributed by atoms with van der Waals surface area (Å²) in [5.41, 5.74) is 2.36. The molecule has 30 heavy (non-hydrogen) atoms. The zero-order chi connectivity index (χ0) is 21.7. The Labute approximate surface area is 183 Å². The van der Waals surface area contributed by atoms with E-state index >= 15 is 0 Å². The van der Waals surface area contributed by atoms with E-state index in [1.54, 1.807) is 47.8 Å². The quantitative estimate of drug-likeness (QED) is 0.529. The van der Waals surface area contributed by atoms with Gasteiger partial charge in [-0.3, -0.25) is 9.59 Å². The van der Waals surface area contributed by atoms with Crippen LogP contribution in [0.2, 0.25) is 5.02 Å². The first-order valence-corrected chi connectivity index (χ1v) is 11.9. The largest absolute Gasteiger partial charge is 0.326 e. The molecule has 0 fully saturated rings. The maximum absolute atomic E-state index is 12.4. The standard InChI is InChI=1S/C21H19ClN2O4S2/c1-14-4-9-18(17(22)13-14)24-21(26)15-5-7-16(8-6-15)23-19(25)10-12-30(27,28)20-3-2-11-29-20/h2-9,11,13H,10,12H2,1H3,(H,23,25)(H,24,26). The van der Waals surface area contributed by atoms with Crippen LogP contribution in [0.4, 0.5) is 11.4 Å². The second kappa shape index (κ2) is 9.42. The van der Waals surface area contributed by atoms with Crippen molar-refractivity contribution in [3.63, 3.8) is 0 Å². The fourth-order valence-corrected chi connectivity index (χ4v) is 5.29. The van der Waals surface area contributed by atoms with Gasteiger partial charge in [0.2, 0.25) is 5.91 Å². The lowest BCUT2D eigenvalue weighted by Crippen LogP contribution is -2.17. The molecule has 0 unspecified atom stereocenters. The van der Waals surface area contributed by atoms with Crippen molar-refractivity contribution >= 4 is 56.0 Å². The van der Waals surface area contributed by atoms with Crippen molar-refractivity contribution in [3.8, 4) is 0 Å². The Balaban J connectivity index is 1.56. The molecule has 3 rings (SSSR count). The van der Waals surface area contributed by atoms with E-state index in [0.29, 0.717) is 22.0 Å². The maximum Gasteiger partial charge on any atom is 0.255 e. The van der Waals surface area contributed by atoms with Crippen LogP contribution in [0, 0.1) is 6.92 Å². The number of nitrogens with one attached hydrogen (secondary N) is 2. The molecule has 6 nitrogen and oxygen atoms in total. The van der Waals surface area contributed by atoms with Crippen LogP contribution in [0.5, 0.6) is 0 Å². The number of sulfone groups is 1. The number of carbonyl (C=O) groups excluding carboxylic acids is 2. The molecule has 0 bridgehead atoms. The van der Waals surface area contributed by atoms with E-state index < -0.39 is 15.7 Å². The van der Waals surface area contributed by atoms with Crippen LogP contribution in [0.3, 0.4) is 0 Å². The van der Waals surface area contributed by atoms with E-state index in [9.17, 15) is 18.0 Å². The maximum atomic E-state index is 12.4. The van der Waals surface area contributed by atoms with E-state index in [0.717, 1.165) is 16.9 Å². The van der Waals surface area contributed by atoms with E-state index in [1.165, 1.54) is 6.07 Å². The number of hydrogen-bond acceptors (Lipinski definition) is 5. The highest BCUT2D eigenvalue weighted by atomic mass is 35.5. The molecular weight excluding hydrogens is 444 g/mol. The summed E-state index contributed by atoms with van der Waals surface area (Å²) in [5.74, 6) is -1.02. The van der Waals surface area contributed by atoms with Crippen LogP contribution < -0.4 is 10.6 Å². The summed E-state index contributed by atoms with van der Waals surface area (Å²) in [6.45, 7) is 1.90. The monoisotopic (exact) mass is 462 g/mol. The molecular formula is C21H19ClN2O4S2. The molecule has 0 radical (unpaired) electrons. The third-order valence-corrected chi connectivity index (χ3v) is 7.72. The first kappa shape index (κ1) is 22.0. The van der Waals surface area contributed by atoms with Gasteiger partial charge in [-0.1, -0.05) is 23.7 Å². The van der Waals surface area contributed by atoms with E-state index in [2.05, 4.69) is 10.6 Å². The third kappa shape index (κ3) is 5.69. The lowest BCUT2D eigenvalue weighted by Gasteiger charge is -2.09. The Hall–Kier alpha value is -2.68. The zero-order valence-electron chi connectivity index (χ0n) is 16.0. The summed E-state index contributed by atoms with van der Waals surface area (Å²) >= 11 is 7.26. The minimum Gasteiger partial charge on any atom is -0.326 e. The van der Waals surface area contributed by atoms with Crippen molar-refractivity contribution in [3.05, 3.63) is 76.1 Å². The third-order valence-electron chi connectivity index (χ3n) is 4.20. The first-order valence-electron chi connectivity index (χ1n) is 8.98. The summed E-state index contributed by atoms with van der Waals surface area (Å²) < 4.78 is 24.5. The molecule has 2 N–H and O–H groups in total. The average molecular weight is 463 g/mol. The fraction of sp³-hybridized carbons (Fsp3) is 0.143. The van der Waals surface area contributed by atoms with Gasteiger partial charge in [-0.05, 0) is 60.3 Å². The predicted octanol–water partition coefficient (Wildman–Crippen LogP) is 4.76. The number of hydrogen-bond donors (Lipinski definition) is 2. The molecule has 156 valence electrons. The number of aryl methyl sites for hydroxylation is 1. The molecule has 2 aromatic carbocycles. The number of amides is 2. The van der Waals surface area contributed by atoms with Gasteiger partial charge < -0.3 is 10.6 Å². The van der Waals surface area contributed by atoms with Gasteiger partial charge in [0.05, 0.1) is 16.5 Å². The number of benzene rings is 2. The van der Waals surface area contributed by atoms with Gasteiger partial charge in [0.1, 0.15) is 4.21 Å². The van der Waals surface area contributed by atoms with Crippen molar-refractivity contribution < 1.29 is 18.0 Å². The van der Waals surface area contributed by atoms with E-state index in [-0.39, 0.29) is 22.3 Å². The van der Waals surface area contributed by atoms with Crippen LogP contribution in [-0.4, -0.2) is 26.0 Å². The van der Waals surface area contributed by atoms with Gasteiger partial charge >= 0.3 is 0 Å². The van der Waals surface area contributed by atoms with Crippen molar-refractivity contribution in [2.24, 2.45) is 0 Å². The molecule has 0 atom stereocenters. The van der Waals surface area contributed by atoms with Crippen LogP contribution >= 0.6 is 22.9 Å². The highest BCUT2D eigenvalue weighted by Gasteiger charge is 2.17. The summed E-state index contributed by atoms with van der Waals surface area (Å²) in [6.07, 6.45) is -0.158. The SMILES string of the molecule is Cc1ccc(NC(=O)c2ccc(NC(=O)CCS(=O)(=O)c3cccs3)cc2)c(Cl)c1. The fourth-order valence-electron chi connectivity index (χ4n) is 2.61. The first-order chi connectivity index (χ1) is 14.2. The van der Waals surface area contributed by atoms with Gasteiger partial charge in [-0.15, -0.1) is 11.3 Å². The number of thiophene rings is 1. The summed E-state index contributed by atoms with van der Waals surface area (Å²) in [4.78, 5) is 24.5. The molecule has 1 aromatic heterocycles. The molecule has 0 aliphatic heterocycles. The van der Waals surface area contributed by atoms with Crippen molar-refractivity contribution in [2.45, 2.75) is 17.6 Å². The second-order valence-electron chi connectivity index (χ2n) is 6.56. The lowest BCUT2D eigenvalue weighted by atomic mass is 10.1. The molecule has 0 saturated heterocycles. The Bertz CT molecular complexity index is 1160. The van der Waals surface area contributed by atoms with Gasteiger partial charge in [-0.25, -0.2) is 8.42 Å². The minimum atomic E-state index is -3.46. The topological polar surface area (TPSA) is 92.3 Å². The predicted molar refractivity (Wildman–Crippen MR) is 120 cm³/mol. The second-order valence-corrected chi connectivity index (χ2v) is 10.3. The Morgan fingerprint density at radius 2 is 1.77 bits per heavy atom. The molecule has 0 aliphatic rings. The van der Waals surface area contributed by atoms with Crippen molar-refractivity contribution in [1.29, 1.82) is 0 Å². The molecule has 0 saturated carbocycles.